The van der Waals surface area contributed by atoms with Gasteiger partial charge in [-0.1, -0.05) is 48.5 Å². The number of halogens is 3. The largest absolute Gasteiger partial charge is 0.437 e. The molecule has 1 aliphatic rings. The van der Waals surface area contributed by atoms with Crippen molar-refractivity contribution in [2.24, 2.45) is 0 Å². The van der Waals surface area contributed by atoms with E-state index in [4.69, 9.17) is 9.72 Å². The third-order valence-electron chi connectivity index (χ3n) is 7.90. The Bertz CT molecular complexity index is 1980. The summed E-state index contributed by atoms with van der Waals surface area (Å²) in [4.78, 5) is 13.6. The van der Waals surface area contributed by atoms with Crippen LogP contribution in [-0.4, -0.2) is 42.5 Å². The number of alkyl halides is 3. The van der Waals surface area contributed by atoms with E-state index in [-0.39, 0.29) is 11.6 Å². The number of nitrogens with one attached hydrogen (secondary N) is 2. The molecule has 0 bridgehead atoms. The SMILES string of the molecule is Cc1ccc2c(CS(=O)(=O)Cc3ccccc3C(F)(F)F)cccc2c1Oc1ncccc1-c1ccnc(N[C@H]2CCCNC2)n1. The fraction of sp³-hybridized carbons (Fsp3) is 0.265. The first-order valence-electron chi connectivity index (χ1n) is 14.9. The standard InChI is InChI=1S/C34H32F3N5O3S/c1-22-13-14-26-23(20-46(43,44)21-24-7-2-3-12-29(24)34(35,36)37)8-4-10-27(26)31(22)45-32-28(11-6-17-39-32)30-15-18-40-33(42-30)41-25-9-5-16-38-19-25/h2-4,6-8,10-15,17-18,25,38H,5,9,16,19-21H2,1H3,(H,40,41,42)/t25-/m0/s1. The molecule has 2 N–H and O–H groups in total. The van der Waals surface area contributed by atoms with Crippen LogP contribution in [0, 0.1) is 6.92 Å². The lowest BCUT2D eigenvalue weighted by Crippen LogP contribution is -2.38. The van der Waals surface area contributed by atoms with Crippen LogP contribution in [0.3, 0.4) is 0 Å². The fourth-order valence-electron chi connectivity index (χ4n) is 5.71. The van der Waals surface area contributed by atoms with Crippen LogP contribution < -0.4 is 15.4 Å². The van der Waals surface area contributed by atoms with Crippen LogP contribution in [0.1, 0.15) is 35.1 Å². The first-order chi connectivity index (χ1) is 22.1. The van der Waals surface area contributed by atoms with Gasteiger partial charge in [0, 0.05) is 30.4 Å². The van der Waals surface area contributed by atoms with Crippen molar-refractivity contribution in [2.75, 3.05) is 18.4 Å². The number of pyridine rings is 1. The molecule has 5 aromatic rings. The van der Waals surface area contributed by atoms with E-state index in [1.807, 2.05) is 25.1 Å². The van der Waals surface area contributed by atoms with Crippen molar-refractivity contribution >= 4 is 26.6 Å². The van der Waals surface area contributed by atoms with Crippen LogP contribution >= 0.6 is 0 Å². The van der Waals surface area contributed by atoms with E-state index in [9.17, 15) is 21.6 Å². The monoisotopic (exact) mass is 647 g/mol. The number of aromatic nitrogens is 3. The number of sulfone groups is 1. The first-order valence-corrected chi connectivity index (χ1v) is 16.7. The molecule has 46 heavy (non-hydrogen) atoms. The lowest BCUT2D eigenvalue weighted by atomic mass is 10.0. The molecule has 0 saturated carbocycles. The number of anilines is 1. The molecule has 1 atom stereocenters. The van der Waals surface area contributed by atoms with Crippen LogP contribution in [-0.2, 0) is 27.5 Å². The number of piperidine rings is 1. The molecule has 238 valence electrons. The second-order valence-electron chi connectivity index (χ2n) is 11.3. The number of hydrogen-bond acceptors (Lipinski definition) is 8. The zero-order chi connectivity index (χ0) is 32.3. The van der Waals surface area contributed by atoms with Gasteiger partial charge in [-0.2, -0.15) is 13.2 Å². The molecule has 3 heterocycles. The van der Waals surface area contributed by atoms with Crippen LogP contribution in [0.15, 0.2) is 85.2 Å². The molecule has 12 heteroatoms. The summed E-state index contributed by atoms with van der Waals surface area (Å²) in [5.41, 5.74) is 1.28. The average Bonchev–Trinajstić information content (AvgIpc) is 3.03. The molecule has 0 radical (unpaired) electrons. The minimum absolute atomic E-state index is 0.226. The number of rotatable bonds is 9. The lowest BCUT2D eigenvalue weighted by Gasteiger charge is -2.23. The number of fused-ring (bicyclic) bond motifs is 1. The number of benzene rings is 3. The Morgan fingerprint density at radius 3 is 2.52 bits per heavy atom. The summed E-state index contributed by atoms with van der Waals surface area (Å²) in [6.07, 6.45) is 0.732. The Kier molecular flexibility index (Phi) is 8.92. The second kappa shape index (κ2) is 13.1. The number of aryl methyl sites for hydroxylation is 1. The van der Waals surface area contributed by atoms with E-state index in [0.29, 0.717) is 45.2 Å². The molecular formula is C34H32F3N5O3S. The Balaban J connectivity index is 1.30. The van der Waals surface area contributed by atoms with Crippen LogP contribution in [0.4, 0.5) is 19.1 Å². The predicted octanol–water partition coefficient (Wildman–Crippen LogP) is 7.09. The number of ether oxygens (including phenoxy) is 1. The quantitative estimate of drug-likeness (QED) is 0.175. The van der Waals surface area contributed by atoms with Crippen LogP contribution in [0.2, 0.25) is 0 Å². The summed E-state index contributed by atoms with van der Waals surface area (Å²) >= 11 is 0. The highest BCUT2D eigenvalue weighted by Crippen LogP contribution is 2.38. The second-order valence-corrected chi connectivity index (χ2v) is 13.4. The molecule has 2 aromatic heterocycles. The van der Waals surface area contributed by atoms with Crippen molar-refractivity contribution in [1.82, 2.24) is 20.3 Å². The van der Waals surface area contributed by atoms with Gasteiger partial charge in [-0.25, -0.2) is 23.4 Å². The predicted molar refractivity (Wildman–Crippen MR) is 171 cm³/mol. The normalized spacial score (nSPS) is 15.5. The van der Waals surface area contributed by atoms with Gasteiger partial charge in [-0.15, -0.1) is 0 Å². The van der Waals surface area contributed by atoms with Crippen molar-refractivity contribution in [3.63, 3.8) is 0 Å². The highest BCUT2D eigenvalue weighted by atomic mass is 32.2. The van der Waals surface area contributed by atoms with E-state index in [2.05, 4.69) is 20.6 Å². The van der Waals surface area contributed by atoms with Gasteiger partial charge in [0.2, 0.25) is 11.8 Å². The highest BCUT2D eigenvalue weighted by Gasteiger charge is 2.34. The zero-order valence-corrected chi connectivity index (χ0v) is 25.8. The van der Waals surface area contributed by atoms with Gasteiger partial charge in [-0.3, -0.25) is 0 Å². The Hall–Kier alpha value is -4.55. The first kappa shape index (κ1) is 31.4. The smallest absolute Gasteiger partial charge is 0.416 e. The molecular weight excluding hydrogens is 615 g/mol. The van der Waals surface area contributed by atoms with Gasteiger partial charge >= 0.3 is 6.18 Å². The Labute approximate surface area is 265 Å². The molecule has 6 rings (SSSR count). The van der Waals surface area contributed by atoms with Crippen LogP contribution in [0.5, 0.6) is 11.6 Å². The summed E-state index contributed by atoms with van der Waals surface area (Å²) in [7, 11) is -3.98. The fourth-order valence-corrected chi connectivity index (χ4v) is 7.27. The number of hydrogen-bond donors (Lipinski definition) is 2. The van der Waals surface area contributed by atoms with Crippen LogP contribution in [0.25, 0.3) is 22.0 Å². The number of nitrogens with zero attached hydrogens (tertiary/aromatic N) is 3. The Morgan fingerprint density at radius 2 is 1.72 bits per heavy atom. The third-order valence-corrected chi connectivity index (χ3v) is 9.41. The summed E-state index contributed by atoms with van der Waals surface area (Å²) in [6.45, 7) is 3.70. The Morgan fingerprint density at radius 1 is 0.913 bits per heavy atom. The van der Waals surface area contributed by atoms with E-state index < -0.39 is 33.1 Å². The van der Waals surface area contributed by atoms with Gasteiger partial charge < -0.3 is 15.4 Å². The van der Waals surface area contributed by atoms with Crippen molar-refractivity contribution < 1.29 is 26.3 Å². The molecule has 0 amide bonds. The minimum atomic E-state index is -4.66. The van der Waals surface area contributed by atoms with Crippen molar-refractivity contribution in [2.45, 2.75) is 43.5 Å². The summed E-state index contributed by atoms with van der Waals surface area (Å²) in [6, 6.07) is 19.2. The van der Waals surface area contributed by atoms with Gasteiger partial charge in [0.25, 0.3) is 0 Å². The molecule has 1 saturated heterocycles. The van der Waals surface area contributed by atoms with Gasteiger partial charge in [0.05, 0.1) is 28.3 Å². The van der Waals surface area contributed by atoms with E-state index in [1.54, 1.807) is 42.7 Å². The maximum atomic E-state index is 13.5. The topological polar surface area (TPSA) is 106 Å². The molecule has 0 unspecified atom stereocenters. The molecule has 8 nitrogen and oxygen atoms in total. The molecule has 3 aromatic carbocycles. The highest BCUT2D eigenvalue weighted by molar-refractivity contribution is 7.89. The molecule has 1 fully saturated rings. The summed E-state index contributed by atoms with van der Waals surface area (Å²) in [5.74, 6) is 0.120. The molecule has 0 spiro atoms. The maximum Gasteiger partial charge on any atom is 0.416 e. The summed E-state index contributed by atoms with van der Waals surface area (Å²) < 4.78 is 73.6. The summed E-state index contributed by atoms with van der Waals surface area (Å²) in [5, 5.41) is 8.02. The average molecular weight is 648 g/mol. The van der Waals surface area contributed by atoms with Gasteiger partial charge in [0.1, 0.15) is 5.75 Å². The van der Waals surface area contributed by atoms with Crippen molar-refractivity contribution in [1.29, 1.82) is 0 Å². The maximum absolute atomic E-state index is 13.5. The third kappa shape index (κ3) is 7.13. The van der Waals surface area contributed by atoms with Gasteiger partial charge in [0.15, 0.2) is 9.84 Å². The van der Waals surface area contributed by atoms with Crippen molar-refractivity contribution in [3.05, 3.63) is 107 Å². The zero-order valence-electron chi connectivity index (χ0n) is 25.0. The van der Waals surface area contributed by atoms with E-state index in [0.717, 1.165) is 37.6 Å². The molecule has 1 aliphatic heterocycles. The van der Waals surface area contributed by atoms with Crippen molar-refractivity contribution in [3.8, 4) is 22.9 Å². The minimum Gasteiger partial charge on any atom is -0.437 e. The lowest BCUT2D eigenvalue weighted by molar-refractivity contribution is -0.138. The van der Waals surface area contributed by atoms with E-state index in [1.165, 1.54) is 18.2 Å². The van der Waals surface area contributed by atoms with E-state index >= 15 is 0 Å². The molecule has 0 aliphatic carbocycles. The van der Waals surface area contributed by atoms with Gasteiger partial charge in [-0.05, 0) is 72.7 Å².